The van der Waals surface area contributed by atoms with Crippen molar-refractivity contribution >= 4 is 18.7 Å². The zero-order valence-electron chi connectivity index (χ0n) is 27.2. The summed E-state index contributed by atoms with van der Waals surface area (Å²) in [6.45, 7) is 7.73. The summed E-state index contributed by atoms with van der Waals surface area (Å²) >= 11 is 0. The summed E-state index contributed by atoms with van der Waals surface area (Å²) in [5.41, 5.74) is 2.31. The van der Waals surface area contributed by atoms with Crippen molar-refractivity contribution in [2.45, 2.75) is 38.8 Å². The minimum atomic E-state index is -2.85. The Morgan fingerprint density at radius 2 is 1.37 bits per heavy atom. The molecule has 8 nitrogen and oxygen atoms in total. The third kappa shape index (κ3) is 8.27. The van der Waals surface area contributed by atoms with Gasteiger partial charge in [-0.05, 0) is 45.7 Å². The number of ether oxygens (including phenoxy) is 5. The smallest absolute Gasteiger partial charge is 0.261 e. The van der Waals surface area contributed by atoms with Gasteiger partial charge in [0.05, 0.1) is 26.9 Å². The monoisotopic (exact) mass is 641 g/mol. The Morgan fingerprint density at radius 1 is 0.739 bits per heavy atom. The van der Waals surface area contributed by atoms with Gasteiger partial charge in [0.15, 0.2) is 13.4 Å². The molecular formula is C37H43NO7Si. The van der Waals surface area contributed by atoms with E-state index in [1.165, 1.54) is 16.4 Å². The predicted molar refractivity (Wildman–Crippen MR) is 181 cm³/mol. The minimum absolute atomic E-state index is 0.0179. The molecule has 0 heterocycles. The van der Waals surface area contributed by atoms with Crippen molar-refractivity contribution in [3.63, 3.8) is 0 Å². The minimum Gasteiger partial charge on any atom is -0.508 e. The van der Waals surface area contributed by atoms with Crippen LogP contribution in [0.5, 0.6) is 23.0 Å². The summed E-state index contributed by atoms with van der Waals surface area (Å²) in [5, 5.41) is 21.4. The molecule has 0 aromatic heterocycles. The third-order valence-electron chi connectivity index (χ3n) is 7.77. The second-order valence-corrected chi connectivity index (χ2v) is 16.1. The van der Waals surface area contributed by atoms with Gasteiger partial charge in [-0.15, -0.1) is 0 Å². The first-order valence-corrected chi connectivity index (χ1v) is 17.1. The number of phenolic OH excluding ortho intramolecular Hbond substituents is 1. The van der Waals surface area contributed by atoms with Crippen molar-refractivity contribution in [1.82, 2.24) is 0 Å². The third-order valence-corrected chi connectivity index (χ3v) is 12.8. The summed E-state index contributed by atoms with van der Waals surface area (Å²) in [6.07, 6.45) is 0.356. The van der Waals surface area contributed by atoms with Crippen molar-refractivity contribution in [1.29, 1.82) is 5.26 Å². The summed E-state index contributed by atoms with van der Waals surface area (Å²) < 4.78 is 35.8. The highest BCUT2D eigenvalue weighted by Crippen LogP contribution is 2.39. The van der Waals surface area contributed by atoms with Crippen LogP contribution in [0.2, 0.25) is 5.04 Å². The van der Waals surface area contributed by atoms with Crippen LogP contribution in [0.3, 0.4) is 0 Å². The molecule has 0 atom stereocenters. The number of methoxy groups -OCH3 is 2. The first kappa shape index (κ1) is 34.5. The molecule has 46 heavy (non-hydrogen) atoms. The van der Waals surface area contributed by atoms with E-state index < -0.39 is 8.32 Å². The van der Waals surface area contributed by atoms with Crippen LogP contribution in [0.4, 0.5) is 0 Å². The first-order chi connectivity index (χ1) is 22.2. The maximum absolute atomic E-state index is 10.2. The van der Waals surface area contributed by atoms with E-state index in [9.17, 15) is 5.11 Å². The molecule has 1 N–H and O–H groups in total. The van der Waals surface area contributed by atoms with Gasteiger partial charge in [-0.3, -0.25) is 0 Å². The van der Waals surface area contributed by atoms with Gasteiger partial charge in [-0.25, -0.2) is 0 Å². The lowest BCUT2D eigenvalue weighted by Gasteiger charge is -2.43. The molecule has 4 rings (SSSR count). The maximum Gasteiger partial charge on any atom is 0.261 e. The number of aromatic hydroxyl groups is 1. The van der Waals surface area contributed by atoms with Crippen LogP contribution in [0.25, 0.3) is 0 Å². The molecule has 0 bridgehead atoms. The number of hydrogen-bond acceptors (Lipinski definition) is 8. The zero-order chi connectivity index (χ0) is 33.0. The molecule has 4 aromatic carbocycles. The van der Waals surface area contributed by atoms with Crippen LogP contribution in [-0.2, 0) is 26.9 Å². The zero-order valence-corrected chi connectivity index (χ0v) is 28.2. The number of rotatable bonds is 16. The lowest BCUT2D eigenvalue weighted by Crippen LogP contribution is -2.66. The van der Waals surface area contributed by atoms with Gasteiger partial charge in [-0.2, -0.15) is 5.26 Å². The van der Waals surface area contributed by atoms with Gasteiger partial charge in [0.25, 0.3) is 8.32 Å². The van der Waals surface area contributed by atoms with Crippen LogP contribution < -0.4 is 24.6 Å². The van der Waals surface area contributed by atoms with Gasteiger partial charge >= 0.3 is 0 Å². The molecule has 0 aliphatic carbocycles. The summed E-state index contributed by atoms with van der Waals surface area (Å²) in [5.74, 6) is 1.82. The van der Waals surface area contributed by atoms with Crippen LogP contribution in [-0.4, -0.2) is 54.3 Å². The molecule has 0 saturated heterocycles. The highest BCUT2D eigenvalue weighted by Gasteiger charge is 2.50. The molecule has 0 spiro atoms. The number of phenols is 1. The quantitative estimate of drug-likeness (QED) is 0.0908. The second kappa shape index (κ2) is 16.3. The van der Waals surface area contributed by atoms with Gasteiger partial charge in [-0.1, -0.05) is 81.4 Å². The Hall–Kier alpha value is -4.33. The summed E-state index contributed by atoms with van der Waals surface area (Å²) in [7, 11) is 0.394. The van der Waals surface area contributed by atoms with Crippen molar-refractivity contribution in [2.75, 3.05) is 40.8 Å². The molecular weight excluding hydrogens is 598 g/mol. The highest BCUT2D eigenvalue weighted by molar-refractivity contribution is 6.99. The Balaban J connectivity index is 1.77. The highest BCUT2D eigenvalue weighted by atomic mass is 28.4. The fraction of sp³-hybridized carbons (Fsp3) is 0.324. The maximum atomic E-state index is 10.2. The topological polar surface area (TPSA) is 99.4 Å². The summed E-state index contributed by atoms with van der Waals surface area (Å²) in [4.78, 5) is 0. The largest absolute Gasteiger partial charge is 0.508 e. The molecule has 0 unspecified atom stereocenters. The Bertz CT molecular complexity index is 1540. The van der Waals surface area contributed by atoms with Crippen molar-refractivity contribution in [3.8, 4) is 29.1 Å². The second-order valence-electron chi connectivity index (χ2n) is 11.8. The van der Waals surface area contributed by atoms with Gasteiger partial charge in [0, 0.05) is 30.2 Å². The van der Waals surface area contributed by atoms with E-state index in [-0.39, 0.29) is 30.8 Å². The lowest BCUT2D eigenvalue weighted by molar-refractivity contribution is -0.00927. The molecule has 0 amide bonds. The van der Waals surface area contributed by atoms with Crippen LogP contribution >= 0.6 is 0 Å². The number of nitrogens with zero attached hydrogens (tertiary/aromatic N) is 1. The summed E-state index contributed by atoms with van der Waals surface area (Å²) in [6, 6.07) is 31.6. The molecule has 0 radical (unpaired) electrons. The van der Waals surface area contributed by atoms with E-state index >= 15 is 0 Å². The number of hydrogen-bond donors (Lipinski definition) is 1. The van der Waals surface area contributed by atoms with Crippen molar-refractivity contribution < 1.29 is 33.2 Å². The average Bonchev–Trinajstić information content (AvgIpc) is 3.05. The first-order valence-electron chi connectivity index (χ1n) is 15.2. The molecule has 0 fully saturated rings. The molecule has 242 valence electrons. The molecule has 4 aromatic rings. The van der Waals surface area contributed by atoms with Crippen LogP contribution in [0.15, 0.2) is 91.0 Å². The van der Waals surface area contributed by atoms with Crippen molar-refractivity contribution in [3.05, 3.63) is 108 Å². The van der Waals surface area contributed by atoms with Gasteiger partial charge < -0.3 is 33.2 Å². The Labute approximate surface area is 273 Å². The SMILES string of the molecule is COCCOCOc1cc(Cc2cc(O)ccc2OCC#N)c(OC)cc1CO[Si](c1ccccc1)(c1ccccc1)C(C)(C)C. The van der Waals surface area contributed by atoms with Crippen LogP contribution in [0.1, 0.15) is 37.5 Å². The van der Waals surface area contributed by atoms with Gasteiger partial charge in [0.2, 0.25) is 0 Å². The Kier molecular flexibility index (Phi) is 12.2. The molecule has 0 saturated carbocycles. The van der Waals surface area contributed by atoms with Crippen molar-refractivity contribution in [2.24, 2.45) is 0 Å². The standard InChI is InChI=1S/C37H43NO7Si/c1-37(2,3)46(32-12-8-6-9-13-32,33-14-10-7-11-15-33)45-26-30-25-35(41-5)29(24-36(30)44-27-42-21-20-40-4)22-28-23-31(39)16-17-34(28)43-19-18-38/h6-17,23-25,39H,19-22,26-27H2,1-5H3. The fourth-order valence-electron chi connectivity index (χ4n) is 5.63. The fourth-order valence-corrected chi connectivity index (χ4v) is 10.2. The molecule has 9 heteroatoms. The molecule has 0 aliphatic heterocycles. The lowest BCUT2D eigenvalue weighted by atomic mass is 10.0. The normalized spacial score (nSPS) is 11.6. The average molecular weight is 642 g/mol. The number of nitriles is 1. The van der Waals surface area contributed by atoms with E-state index in [1.54, 1.807) is 26.4 Å². The Morgan fingerprint density at radius 3 is 1.96 bits per heavy atom. The van der Waals surface area contributed by atoms with E-state index in [2.05, 4.69) is 69.3 Å². The molecule has 0 aliphatic rings. The predicted octanol–water partition coefficient (Wildman–Crippen LogP) is 5.97. The van der Waals surface area contributed by atoms with Crippen LogP contribution in [0, 0.1) is 11.3 Å². The van der Waals surface area contributed by atoms with E-state index in [4.69, 9.17) is 33.4 Å². The van der Waals surface area contributed by atoms with Gasteiger partial charge in [0.1, 0.15) is 29.1 Å². The van der Waals surface area contributed by atoms with E-state index in [1.807, 2.05) is 30.3 Å². The number of benzene rings is 4. The van der Waals surface area contributed by atoms with E-state index in [0.29, 0.717) is 42.4 Å². The van der Waals surface area contributed by atoms with E-state index in [0.717, 1.165) is 11.1 Å².